The largest absolute Gasteiger partial charge is 0.371 e. The van der Waals surface area contributed by atoms with Gasteiger partial charge in [0.15, 0.2) is 11.6 Å². The van der Waals surface area contributed by atoms with Crippen LogP contribution in [-0.4, -0.2) is 30.9 Å². The van der Waals surface area contributed by atoms with Gasteiger partial charge in [-0.25, -0.2) is 13.2 Å². The molecule has 1 amide bonds. The van der Waals surface area contributed by atoms with Crippen LogP contribution in [0.1, 0.15) is 6.92 Å². The van der Waals surface area contributed by atoms with E-state index in [4.69, 9.17) is 0 Å². The van der Waals surface area contributed by atoms with Gasteiger partial charge in [-0.1, -0.05) is 0 Å². The van der Waals surface area contributed by atoms with E-state index >= 15 is 0 Å². The van der Waals surface area contributed by atoms with Crippen molar-refractivity contribution in [2.75, 3.05) is 25.5 Å². The van der Waals surface area contributed by atoms with Gasteiger partial charge in [0.05, 0.1) is 6.54 Å². The van der Waals surface area contributed by atoms with Crippen molar-refractivity contribution < 1.29 is 18.0 Å². The average Bonchev–Trinajstić information content (AvgIpc) is 2.26. The number of nitrogens with zero attached hydrogens (tertiary/aromatic N) is 1. The molecular formula is C11H13F3N2O. The van der Waals surface area contributed by atoms with Gasteiger partial charge in [-0.05, 0) is 6.92 Å². The third-order valence-corrected chi connectivity index (χ3v) is 2.32. The fourth-order valence-corrected chi connectivity index (χ4v) is 1.19. The summed E-state index contributed by atoms with van der Waals surface area (Å²) in [6.07, 6.45) is 0. The van der Waals surface area contributed by atoms with Gasteiger partial charge in [-0.3, -0.25) is 4.79 Å². The van der Waals surface area contributed by atoms with E-state index in [9.17, 15) is 18.0 Å². The first-order valence-corrected chi connectivity index (χ1v) is 5.08. The van der Waals surface area contributed by atoms with Crippen LogP contribution in [0, 0.1) is 17.5 Å². The SMILES string of the molecule is CCN(C)C(=O)CNc1c(F)cc(F)cc1F. The number of halogens is 3. The normalized spacial score (nSPS) is 10.2. The third kappa shape index (κ3) is 3.37. The molecule has 0 heterocycles. The van der Waals surface area contributed by atoms with Crippen LogP contribution in [0.4, 0.5) is 18.9 Å². The van der Waals surface area contributed by atoms with Crippen molar-refractivity contribution in [3.63, 3.8) is 0 Å². The Morgan fingerprint density at radius 3 is 2.29 bits per heavy atom. The fourth-order valence-electron chi connectivity index (χ4n) is 1.19. The zero-order chi connectivity index (χ0) is 13.0. The molecule has 1 N–H and O–H groups in total. The van der Waals surface area contributed by atoms with Gasteiger partial charge in [0, 0.05) is 25.7 Å². The van der Waals surface area contributed by atoms with E-state index in [1.165, 1.54) is 4.90 Å². The Labute approximate surface area is 97.2 Å². The highest BCUT2D eigenvalue weighted by Gasteiger charge is 2.13. The summed E-state index contributed by atoms with van der Waals surface area (Å²) in [5, 5.41) is 2.32. The molecule has 0 unspecified atom stereocenters. The summed E-state index contributed by atoms with van der Waals surface area (Å²) in [5.41, 5.74) is -0.496. The zero-order valence-corrected chi connectivity index (χ0v) is 9.56. The topological polar surface area (TPSA) is 32.3 Å². The Morgan fingerprint density at radius 1 is 1.29 bits per heavy atom. The molecule has 0 fully saturated rings. The Balaban J connectivity index is 2.73. The van der Waals surface area contributed by atoms with Crippen molar-refractivity contribution in [1.82, 2.24) is 4.90 Å². The maximum Gasteiger partial charge on any atom is 0.241 e. The molecule has 1 rings (SSSR count). The number of nitrogens with one attached hydrogen (secondary N) is 1. The second-order valence-electron chi connectivity index (χ2n) is 3.51. The predicted octanol–water partition coefficient (Wildman–Crippen LogP) is 1.99. The van der Waals surface area contributed by atoms with Gasteiger partial charge in [0.1, 0.15) is 11.5 Å². The van der Waals surface area contributed by atoms with Gasteiger partial charge in [0.25, 0.3) is 0 Å². The highest BCUT2D eigenvalue weighted by atomic mass is 19.1. The summed E-state index contributed by atoms with van der Waals surface area (Å²) in [4.78, 5) is 12.8. The van der Waals surface area contributed by atoms with Crippen molar-refractivity contribution in [2.24, 2.45) is 0 Å². The van der Waals surface area contributed by atoms with E-state index in [1.807, 2.05) is 0 Å². The van der Waals surface area contributed by atoms with Crippen molar-refractivity contribution in [1.29, 1.82) is 0 Å². The van der Waals surface area contributed by atoms with E-state index in [-0.39, 0.29) is 12.5 Å². The monoisotopic (exact) mass is 246 g/mol. The average molecular weight is 246 g/mol. The number of hydrogen-bond acceptors (Lipinski definition) is 2. The molecule has 3 nitrogen and oxygen atoms in total. The molecule has 1 aromatic carbocycles. The van der Waals surface area contributed by atoms with E-state index in [0.29, 0.717) is 18.7 Å². The molecular weight excluding hydrogens is 233 g/mol. The van der Waals surface area contributed by atoms with E-state index < -0.39 is 23.1 Å². The molecule has 0 spiro atoms. The lowest BCUT2D eigenvalue weighted by Gasteiger charge is -2.15. The molecule has 0 atom stereocenters. The first-order chi connectivity index (χ1) is 7.95. The Kier molecular flexibility index (Phi) is 4.37. The lowest BCUT2D eigenvalue weighted by molar-refractivity contribution is -0.127. The van der Waals surface area contributed by atoms with E-state index in [0.717, 1.165) is 0 Å². The predicted molar refractivity (Wildman–Crippen MR) is 58.1 cm³/mol. The van der Waals surface area contributed by atoms with E-state index in [2.05, 4.69) is 5.32 Å². The minimum atomic E-state index is -1.06. The standard InChI is InChI=1S/C11H13F3N2O/c1-3-16(2)10(17)6-15-11-8(13)4-7(12)5-9(11)14/h4-5,15H,3,6H2,1-2H3. The first-order valence-electron chi connectivity index (χ1n) is 5.08. The molecule has 94 valence electrons. The second-order valence-corrected chi connectivity index (χ2v) is 3.51. The van der Waals surface area contributed by atoms with Gasteiger partial charge >= 0.3 is 0 Å². The molecule has 0 saturated carbocycles. The van der Waals surface area contributed by atoms with Crippen LogP contribution in [-0.2, 0) is 4.79 Å². The molecule has 0 aliphatic rings. The molecule has 0 aliphatic carbocycles. The number of anilines is 1. The van der Waals surface area contributed by atoms with Crippen LogP contribution in [0.5, 0.6) is 0 Å². The maximum atomic E-state index is 13.2. The molecule has 0 aromatic heterocycles. The Morgan fingerprint density at radius 2 is 1.82 bits per heavy atom. The van der Waals surface area contributed by atoms with Crippen molar-refractivity contribution in [3.8, 4) is 0 Å². The Hall–Kier alpha value is -1.72. The number of amides is 1. The van der Waals surface area contributed by atoms with Crippen LogP contribution in [0.2, 0.25) is 0 Å². The third-order valence-electron chi connectivity index (χ3n) is 2.32. The van der Waals surface area contributed by atoms with Crippen LogP contribution < -0.4 is 5.32 Å². The minimum Gasteiger partial charge on any atom is -0.371 e. The van der Waals surface area contributed by atoms with Gasteiger partial charge in [-0.2, -0.15) is 0 Å². The quantitative estimate of drug-likeness (QED) is 0.881. The summed E-state index contributed by atoms with van der Waals surface area (Å²) in [6, 6.07) is 1.11. The molecule has 1 aromatic rings. The smallest absolute Gasteiger partial charge is 0.241 e. The summed E-state index contributed by atoms with van der Waals surface area (Å²) < 4.78 is 39.0. The highest BCUT2D eigenvalue weighted by Crippen LogP contribution is 2.19. The highest BCUT2D eigenvalue weighted by molar-refractivity contribution is 5.80. The molecule has 0 saturated heterocycles. The molecule has 17 heavy (non-hydrogen) atoms. The van der Waals surface area contributed by atoms with Crippen LogP contribution >= 0.6 is 0 Å². The lowest BCUT2D eigenvalue weighted by atomic mass is 10.2. The summed E-state index contributed by atoms with van der Waals surface area (Å²) >= 11 is 0. The van der Waals surface area contributed by atoms with Crippen molar-refractivity contribution in [2.45, 2.75) is 6.92 Å². The molecule has 6 heteroatoms. The number of hydrogen-bond donors (Lipinski definition) is 1. The first kappa shape index (κ1) is 13.3. The zero-order valence-electron chi connectivity index (χ0n) is 9.56. The van der Waals surface area contributed by atoms with Gasteiger partial charge in [-0.15, -0.1) is 0 Å². The summed E-state index contributed by atoms with van der Waals surface area (Å²) in [6.45, 7) is 2.02. The second kappa shape index (κ2) is 5.56. The lowest BCUT2D eigenvalue weighted by Crippen LogP contribution is -2.32. The molecule has 0 bridgehead atoms. The van der Waals surface area contributed by atoms with Crippen LogP contribution in [0.25, 0.3) is 0 Å². The van der Waals surface area contributed by atoms with Crippen molar-refractivity contribution in [3.05, 3.63) is 29.6 Å². The van der Waals surface area contributed by atoms with Crippen LogP contribution in [0.15, 0.2) is 12.1 Å². The number of rotatable bonds is 4. The fraction of sp³-hybridized carbons (Fsp3) is 0.364. The molecule has 0 radical (unpaired) electrons. The number of likely N-dealkylation sites (N-methyl/N-ethyl adjacent to an activating group) is 1. The van der Waals surface area contributed by atoms with Crippen LogP contribution in [0.3, 0.4) is 0 Å². The number of carbonyl (C=O) groups excluding carboxylic acids is 1. The van der Waals surface area contributed by atoms with E-state index in [1.54, 1.807) is 14.0 Å². The summed E-state index contributed by atoms with van der Waals surface area (Å²) in [5.74, 6) is -3.43. The van der Waals surface area contributed by atoms with Crippen molar-refractivity contribution >= 4 is 11.6 Å². The molecule has 0 aliphatic heterocycles. The number of benzene rings is 1. The Bertz CT molecular complexity index is 400. The minimum absolute atomic E-state index is 0.246. The summed E-state index contributed by atoms with van der Waals surface area (Å²) in [7, 11) is 1.57. The van der Waals surface area contributed by atoms with Gasteiger partial charge < -0.3 is 10.2 Å². The number of carbonyl (C=O) groups is 1. The van der Waals surface area contributed by atoms with Gasteiger partial charge in [0.2, 0.25) is 5.91 Å². The maximum absolute atomic E-state index is 13.2.